The van der Waals surface area contributed by atoms with Crippen LogP contribution in [0.3, 0.4) is 0 Å². The van der Waals surface area contributed by atoms with Crippen LogP contribution in [-0.2, 0) is 0 Å². The van der Waals surface area contributed by atoms with Crippen molar-refractivity contribution >= 4 is 43.0 Å². The lowest BCUT2D eigenvalue weighted by Gasteiger charge is -2.07. The molecule has 2 heterocycles. The normalized spacial score (nSPS) is 11.5. The molecule has 0 amide bonds. The number of benzene rings is 3. The van der Waals surface area contributed by atoms with Crippen LogP contribution in [0.5, 0.6) is 0 Å². The van der Waals surface area contributed by atoms with Crippen molar-refractivity contribution in [3.63, 3.8) is 0 Å². The molecule has 0 radical (unpaired) electrons. The van der Waals surface area contributed by atoms with Crippen molar-refractivity contribution in [2.75, 3.05) is 0 Å². The van der Waals surface area contributed by atoms with Crippen molar-refractivity contribution in [1.29, 1.82) is 0 Å². The van der Waals surface area contributed by atoms with Gasteiger partial charge in [-0.15, -0.1) is 16.4 Å². The quantitative estimate of drug-likeness (QED) is 0.354. The van der Waals surface area contributed by atoms with Gasteiger partial charge in [-0.25, -0.2) is 0 Å². The molecule has 2 nitrogen and oxygen atoms in total. The molecule has 0 spiro atoms. The van der Waals surface area contributed by atoms with E-state index >= 15 is 0 Å². The number of rotatable bonds is 1. The molecule has 0 bridgehead atoms. The number of fused-ring (bicyclic) bond motifs is 3. The Balaban J connectivity index is 1.87. The fourth-order valence-corrected chi connectivity index (χ4v) is 4.31. The SMILES string of the molecule is Cc1nnc(-c2cc3ccccc3s2)c2cc3ccccc3cc12. The van der Waals surface area contributed by atoms with Crippen LogP contribution in [0.25, 0.3) is 42.2 Å². The van der Waals surface area contributed by atoms with Crippen LogP contribution in [0.2, 0.25) is 0 Å². The highest BCUT2D eigenvalue weighted by Gasteiger charge is 2.13. The van der Waals surface area contributed by atoms with Gasteiger partial charge in [0, 0.05) is 15.5 Å². The monoisotopic (exact) mass is 326 g/mol. The van der Waals surface area contributed by atoms with E-state index in [1.54, 1.807) is 11.3 Å². The van der Waals surface area contributed by atoms with Crippen LogP contribution in [0.1, 0.15) is 5.69 Å². The molecule has 3 aromatic carbocycles. The van der Waals surface area contributed by atoms with Crippen molar-refractivity contribution in [2.45, 2.75) is 6.92 Å². The molecule has 0 saturated carbocycles. The molecule has 0 unspecified atom stereocenters. The zero-order chi connectivity index (χ0) is 16.1. The van der Waals surface area contributed by atoms with Gasteiger partial charge in [0.2, 0.25) is 0 Å². The average Bonchev–Trinajstić information content (AvgIpc) is 3.04. The molecule has 114 valence electrons. The van der Waals surface area contributed by atoms with Gasteiger partial charge in [-0.05, 0) is 47.3 Å². The number of aryl methyl sites for hydroxylation is 1. The Morgan fingerprint density at radius 3 is 2.12 bits per heavy atom. The molecule has 0 aliphatic carbocycles. The Kier molecular flexibility index (Phi) is 2.91. The maximum Gasteiger partial charge on any atom is 0.111 e. The van der Waals surface area contributed by atoms with E-state index in [-0.39, 0.29) is 0 Å². The van der Waals surface area contributed by atoms with E-state index in [4.69, 9.17) is 0 Å². The van der Waals surface area contributed by atoms with Crippen molar-refractivity contribution in [3.8, 4) is 10.6 Å². The fraction of sp³-hybridized carbons (Fsp3) is 0.0476. The minimum atomic E-state index is 0.973. The highest BCUT2D eigenvalue weighted by molar-refractivity contribution is 7.22. The van der Waals surface area contributed by atoms with E-state index < -0.39 is 0 Å². The zero-order valence-electron chi connectivity index (χ0n) is 13.2. The van der Waals surface area contributed by atoms with Gasteiger partial charge in [-0.1, -0.05) is 42.5 Å². The van der Waals surface area contributed by atoms with E-state index in [9.17, 15) is 0 Å². The number of hydrogen-bond acceptors (Lipinski definition) is 3. The fourth-order valence-electron chi connectivity index (χ4n) is 3.25. The summed E-state index contributed by atoms with van der Waals surface area (Å²) in [4.78, 5) is 1.17. The zero-order valence-corrected chi connectivity index (χ0v) is 14.0. The lowest BCUT2D eigenvalue weighted by Crippen LogP contribution is -1.93. The van der Waals surface area contributed by atoms with E-state index in [1.807, 2.05) is 6.92 Å². The lowest BCUT2D eigenvalue weighted by atomic mass is 10.0. The standard InChI is InChI=1S/C21H14N2S/c1-13-17-10-14-6-2-3-7-15(14)11-18(17)21(23-22-13)20-12-16-8-4-5-9-19(16)24-20/h2-12H,1H3. The minimum Gasteiger partial charge on any atom is -0.155 e. The second kappa shape index (κ2) is 5.11. The second-order valence-electron chi connectivity index (χ2n) is 6.03. The molecule has 0 N–H and O–H groups in total. The molecule has 2 aromatic heterocycles. The predicted molar refractivity (Wildman–Crippen MR) is 103 cm³/mol. The van der Waals surface area contributed by atoms with Gasteiger partial charge in [0.05, 0.1) is 10.6 Å². The Bertz CT molecular complexity index is 1190. The maximum atomic E-state index is 4.54. The molecule has 0 aliphatic heterocycles. The maximum absolute atomic E-state index is 4.54. The summed E-state index contributed by atoms with van der Waals surface area (Å²) in [6.07, 6.45) is 0. The van der Waals surface area contributed by atoms with Crippen molar-refractivity contribution < 1.29 is 0 Å². The predicted octanol–water partition coefficient (Wildman–Crippen LogP) is 5.97. The summed E-state index contributed by atoms with van der Waals surface area (Å²) < 4.78 is 1.28. The van der Waals surface area contributed by atoms with Gasteiger partial charge in [-0.2, -0.15) is 5.10 Å². The molecule has 0 atom stereocenters. The Morgan fingerprint density at radius 2 is 1.38 bits per heavy atom. The highest BCUT2D eigenvalue weighted by atomic mass is 32.1. The summed E-state index contributed by atoms with van der Waals surface area (Å²) in [5.74, 6) is 0. The summed E-state index contributed by atoms with van der Waals surface area (Å²) in [5.41, 5.74) is 1.95. The largest absolute Gasteiger partial charge is 0.155 e. The number of nitrogens with zero attached hydrogens (tertiary/aromatic N) is 2. The van der Waals surface area contributed by atoms with Crippen LogP contribution >= 0.6 is 11.3 Å². The van der Waals surface area contributed by atoms with Crippen molar-refractivity contribution in [2.24, 2.45) is 0 Å². The van der Waals surface area contributed by atoms with Crippen LogP contribution in [0.4, 0.5) is 0 Å². The lowest BCUT2D eigenvalue weighted by molar-refractivity contribution is 1.01. The molecule has 3 heteroatoms. The molecule has 24 heavy (non-hydrogen) atoms. The Labute approximate surface area is 143 Å². The Hall–Kier alpha value is -2.78. The van der Waals surface area contributed by atoms with Crippen LogP contribution in [0, 0.1) is 6.92 Å². The summed E-state index contributed by atoms with van der Waals surface area (Å²) in [6.45, 7) is 2.03. The molecule has 0 saturated heterocycles. The summed E-state index contributed by atoms with van der Waals surface area (Å²) in [5, 5.41) is 15.0. The molecule has 5 rings (SSSR count). The summed E-state index contributed by atoms with van der Waals surface area (Å²) in [6, 6.07) is 23.6. The third kappa shape index (κ3) is 2.02. The van der Waals surface area contributed by atoms with Gasteiger partial charge >= 0.3 is 0 Å². The van der Waals surface area contributed by atoms with E-state index in [0.717, 1.165) is 11.4 Å². The molecule has 5 aromatic rings. The van der Waals surface area contributed by atoms with Crippen molar-refractivity contribution in [1.82, 2.24) is 10.2 Å². The van der Waals surface area contributed by atoms with Gasteiger partial charge in [0.25, 0.3) is 0 Å². The average molecular weight is 326 g/mol. The molecule has 0 aliphatic rings. The van der Waals surface area contributed by atoms with E-state index in [1.165, 1.54) is 36.5 Å². The summed E-state index contributed by atoms with van der Waals surface area (Å²) in [7, 11) is 0. The third-order valence-electron chi connectivity index (χ3n) is 4.49. The smallest absolute Gasteiger partial charge is 0.111 e. The minimum absolute atomic E-state index is 0.973. The molecule has 0 fully saturated rings. The molecular formula is C21H14N2S. The van der Waals surface area contributed by atoms with Crippen LogP contribution < -0.4 is 0 Å². The molecular weight excluding hydrogens is 312 g/mol. The third-order valence-corrected chi connectivity index (χ3v) is 5.61. The number of thiophene rings is 1. The first kappa shape index (κ1) is 13.6. The topological polar surface area (TPSA) is 25.8 Å². The second-order valence-corrected chi connectivity index (χ2v) is 7.11. The van der Waals surface area contributed by atoms with Gasteiger partial charge < -0.3 is 0 Å². The number of hydrogen-bond donors (Lipinski definition) is 0. The van der Waals surface area contributed by atoms with Crippen LogP contribution in [-0.4, -0.2) is 10.2 Å². The van der Waals surface area contributed by atoms with Gasteiger partial charge in [0.15, 0.2) is 0 Å². The van der Waals surface area contributed by atoms with Crippen molar-refractivity contribution in [3.05, 3.63) is 72.4 Å². The first-order chi connectivity index (χ1) is 11.8. The van der Waals surface area contributed by atoms with Gasteiger partial charge in [-0.3, -0.25) is 0 Å². The first-order valence-electron chi connectivity index (χ1n) is 7.94. The van der Waals surface area contributed by atoms with E-state index in [2.05, 4.69) is 76.9 Å². The summed E-state index contributed by atoms with van der Waals surface area (Å²) >= 11 is 1.77. The van der Waals surface area contributed by atoms with Crippen LogP contribution in [0.15, 0.2) is 66.7 Å². The van der Waals surface area contributed by atoms with Gasteiger partial charge in [0.1, 0.15) is 5.69 Å². The number of aromatic nitrogens is 2. The highest BCUT2D eigenvalue weighted by Crippen LogP contribution is 2.37. The first-order valence-corrected chi connectivity index (χ1v) is 8.76. The Morgan fingerprint density at radius 1 is 0.708 bits per heavy atom. The van der Waals surface area contributed by atoms with E-state index in [0.29, 0.717) is 0 Å².